The Balaban J connectivity index is 2.03. The molecule has 0 bridgehead atoms. The van der Waals surface area contributed by atoms with Crippen molar-refractivity contribution in [1.29, 1.82) is 0 Å². The van der Waals surface area contributed by atoms with Crippen LogP contribution in [0.4, 0.5) is 10.1 Å². The number of nitrogens with zero attached hydrogens (tertiary/aromatic N) is 2. The van der Waals surface area contributed by atoms with Crippen LogP contribution < -0.4 is 9.62 Å². The third-order valence-corrected chi connectivity index (χ3v) is 8.20. The largest absolute Gasteiger partial charge is 0.350 e. The van der Waals surface area contributed by atoms with Crippen molar-refractivity contribution < 1.29 is 22.4 Å². The molecule has 39 heavy (non-hydrogen) atoms. The number of halogens is 2. The van der Waals surface area contributed by atoms with Crippen molar-refractivity contribution in [3.05, 3.63) is 94.2 Å². The van der Waals surface area contributed by atoms with Crippen molar-refractivity contribution in [3.63, 3.8) is 0 Å². The Hall–Kier alpha value is -3.24. The summed E-state index contributed by atoms with van der Waals surface area (Å²) in [5, 5.41) is 2.87. The molecule has 10 heteroatoms. The molecule has 0 radical (unpaired) electrons. The first-order valence-electron chi connectivity index (χ1n) is 12.4. The first-order valence-corrected chi connectivity index (χ1v) is 14.6. The summed E-state index contributed by atoms with van der Waals surface area (Å²) in [4.78, 5) is 28.3. The number of sulfonamides is 1. The van der Waals surface area contributed by atoms with E-state index in [1.807, 2.05) is 27.7 Å². The van der Waals surface area contributed by atoms with Gasteiger partial charge >= 0.3 is 0 Å². The highest BCUT2D eigenvalue weighted by atomic mass is 79.9. The molecule has 3 aromatic rings. The van der Waals surface area contributed by atoms with Crippen molar-refractivity contribution in [2.24, 2.45) is 0 Å². The van der Waals surface area contributed by atoms with Crippen LogP contribution in [0.5, 0.6) is 0 Å². The molecular formula is C29H33BrFN3O4S. The lowest BCUT2D eigenvalue weighted by molar-refractivity contribution is -0.140. The average molecular weight is 619 g/mol. The quantitative estimate of drug-likeness (QED) is 0.347. The van der Waals surface area contributed by atoms with Gasteiger partial charge in [0.05, 0.1) is 10.6 Å². The molecule has 208 valence electrons. The number of aryl methyl sites for hydroxylation is 1. The summed E-state index contributed by atoms with van der Waals surface area (Å²) in [5.41, 5.74) is 1.22. The molecule has 1 atom stereocenters. The molecule has 0 aromatic heterocycles. The molecule has 0 heterocycles. The van der Waals surface area contributed by atoms with Crippen molar-refractivity contribution >= 4 is 43.5 Å². The van der Waals surface area contributed by atoms with Gasteiger partial charge in [-0.3, -0.25) is 13.9 Å². The maximum atomic E-state index is 13.9. The molecule has 3 aromatic carbocycles. The zero-order valence-electron chi connectivity index (χ0n) is 22.6. The Morgan fingerprint density at radius 1 is 1.00 bits per heavy atom. The van der Waals surface area contributed by atoms with Crippen LogP contribution in [0.3, 0.4) is 0 Å². The number of amides is 2. The second kappa shape index (κ2) is 12.3. The van der Waals surface area contributed by atoms with Crippen molar-refractivity contribution in [1.82, 2.24) is 10.2 Å². The van der Waals surface area contributed by atoms with E-state index in [1.54, 1.807) is 43.3 Å². The summed E-state index contributed by atoms with van der Waals surface area (Å²) >= 11 is 3.38. The SMILES string of the molecule is Cc1ccc(S(=O)(=O)N(CC(=O)N(Cc2ccc(F)cc2)[C@@H](C)C(=O)NC(C)(C)C)c2cccc(Br)c2)cc1. The van der Waals surface area contributed by atoms with Crippen molar-refractivity contribution in [2.45, 2.75) is 57.6 Å². The van der Waals surface area contributed by atoms with Gasteiger partial charge in [0.2, 0.25) is 11.8 Å². The second-order valence-corrected chi connectivity index (χ2v) is 13.1. The lowest BCUT2D eigenvalue weighted by Gasteiger charge is -2.33. The molecule has 0 spiro atoms. The summed E-state index contributed by atoms with van der Waals surface area (Å²) in [7, 11) is -4.15. The molecule has 3 rings (SSSR count). The van der Waals surface area contributed by atoms with E-state index < -0.39 is 45.8 Å². The first kappa shape index (κ1) is 30.3. The molecule has 0 aliphatic rings. The molecule has 0 aliphatic heterocycles. The van der Waals surface area contributed by atoms with Crippen LogP contribution in [-0.4, -0.2) is 43.3 Å². The van der Waals surface area contributed by atoms with Crippen LogP contribution >= 0.6 is 15.9 Å². The van der Waals surface area contributed by atoms with E-state index in [1.165, 1.54) is 41.3 Å². The fourth-order valence-corrected chi connectivity index (χ4v) is 5.63. The predicted molar refractivity (Wildman–Crippen MR) is 154 cm³/mol. The molecule has 0 aliphatic carbocycles. The monoisotopic (exact) mass is 617 g/mol. The van der Waals surface area contributed by atoms with Gasteiger partial charge in [0.15, 0.2) is 0 Å². The Bertz CT molecular complexity index is 1420. The van der Waals surface area contributed by atoms with Gasteiger partial charge < -0.3 is 10.2 Å². The van der Waals surface area contributed by atoms with E-state index in [0.717, 1.165) is 9.87 Å². The van der Waals surface area contributed by atoms with E-state index >= 15 is 0 Å². The van der Waals surface area contributed by atoms with Gasteiger partial charge in [-0.05, 0) is 82.6 Å². The van der Waals surface area contributed by atoms with E-state index in [-0.39, 0.29) is 17.1 Å². The van der Waals surface area contributed by atoms with E-state index in [0.29, 0.717) is 10.0 Å². The van der Waals surface area contributed by atoms with E-state index in [2.05, 4.69) is 21.2 Å². The fourth-order valence-electron chi connectivity index (χ4n) is 3.84. The highest BCUT2D eigenvalue weighted by molar-refractivity contribution is 9.10. The van der Waals surface area contributed by atoms with Crippen LogP contribution in [0.1, 0.15) is 38.8 Å². The predicted octanol–water partition coefficient (Wildman–Crippen LogP) is 5.42. The molecule has 1 N–H and O–H groups in total. The Morgan fingerprint density at radius 3 is 2.18 bits per heavy atom. The first-order chi connectivity index (χ1) is 18.2. The third kappa shape index (κ3) is 8.12. The Kier molecular flexibility index (Phi) is 9.55. The smallest absolute Gasteiger partial charge is 0.264 e. The van der Waals surface area contributed by atoms with Gasteiger partial charge in [0.25, 0.3) is 10.0 Å². The number of hydrogen-bond acceptors (Lipinski definition) is 4. The fraction of sp³-hybridized carbons (Fsp3) is 0.310. The van der Waals surface area contributed by atoms with Gasteiger partial charge in [-0.1, -0.05) is 51.8 Å². The Morgan fingerprint density at radius 2 is 1.62 bits per heavy atom. The van der Waals surface area contributed by atoms with Crippen LogP contribution in [0.25, 0.3) is 0 Å². The molecule has 2 amide bonds. The molecule has 0 saturated carbocycles. The van der Waals surface area contributed by atoms with Crippen molar-refractivity contribution in [2.75, 3.05) is 10.8 Å². The Labute approximate surface area is 238 Å². The normalized spacial score (nSPS) is 12.5. The van der Waals surface area contributed by atoms with Crippen molar-refractivity contribution in [3.8, 4) is 0 Å². The summed E-state index contributed by atoms with van der Waals surface area (Å²) in [6.45, 7) is 8.34. The van der Waals surface area contributed by atoms with Crippen LogP contribution in [0.2, 0.25) is 0 Å². The second-order valence-electron chi connectivity index (χ2n) is 10.4. The number of carbonyl (C=O) groups excluding carboxylic acids is 2. The lowest BCUT2D eigenvalue weighted by atomic mass is 10.1. The van der Waals surface area contributed by atoms with Gasteiger partial charge in [0, 0.05) is 16.6 Å². The van der Waals surface area contributed by atoms with Gasteiger partial charge in [-0.25, -0.2) is 12.8 Å². The number of rotatable bonds is 9. The van der Waals surface area contributed by atoms with Crippen LogP contribution in [0, 0.1) is 12.7 Å². The minimum absolute atomic E-state index is 0.0191. The van der Waals surface area contributed by atoms with E-state index in [9.17, 15) is 22.4 Å². The van der Waals surface area contributed by atoms with Gasteiger partial charge in [0.1, 0.15) is 18.4 Å². The van der Waals surface area contributed by atoms with Gasteiger partial charge in [-0.15, -0.1) is 0 Å². The maximum absolute atomic E-state index is 13.9. The minimum Gasteiger partial charge on any atom is -0.350 e. The summed E-state index contributed by atoms with van der Waals surface area (Å²) in [6, 6.07) is 17.7. The summed E-state index contributed by atoms with van der Waals surface area (Å²) < 4.78 is 42.9. The van der Waals surface area contributed by atoms with E-state index in [4.69, 9.17) is 0 Å². The topological polar surface area (TPSA) is 86.8 Å². The molecule has 0 unspecified atom stereocenters. The molecule has 0 fully saturated rings. The maximum Gasteiger partial charge on any atom is 0.264 e. The number of carbonyl (C=O) groups is 2. The van der Waals surface area contributed by atoms with Crippen LogP contribution in [-0.2, 0) is 26.2 Å². The average Bonchev–Trinajstić information content (AvgIpc) is 2.85. The number of hydrogen-bond donors (Lipinski definition) is 1. The lowest BCUT2D eigenvalue weighted by Crippen LogP contribution is -2.54. The zero-order chi connectivity index (χ0) is 29.0. The molecule has 7 nitrogen and oxygen atoms in total. The molecular weight excluding hydrogens is 585 g/mol. The zero-order valence-corrected chi connectivity index (χ0v) is 25.0. The summed E-state index contributed by atoms with van der Waals surface area (Å²) in [6.07, 6.45) is 0. The van der Waals surface area contributed by atoms with Crippen LogP contribution in [0.15, 0.2) is 82.2 Å². The highest BCUT2D eigenvalue weighted by Crippen LogP contribution is 2.27. The number of anilines is 1. The van der Waals surface area contributed by atoms with Gasteiger partial charge in [-0.2, -0.15) is 0 Å². The summed E-state index contributed by atoms with van der Waals surface area (Å²) in [5.74, 6) is -1.42. The third-order valence-electron chi connectivity index (χ3n) is 5.92. The minimum atomic E-state index is -4.15. The highest BCUT2D eigenvalue weighted by Gasteiger charge is 2.33. The standard InChI is InChI=1S/C29H33BrFN3O4S/c1-20-9-15-26(16-10-20)39(37,38)34(25-8-6-7-23(30)17-25)19-27(35)33(18-22-11-13-24(31)14-12-22)21(2)28(36)32-29(3,4)5/h6-17,21H,18-19H2,1-5H3,(H,32,36)/t21-/m0/s1. The number of nitrogens with one attached hydrogen (secondary N) is 1. The molecule has 0 saturated heterocycles. The number of benzene rings is 3.